The Hall–Kier alpha value is -2.45. The van der Waals surface area contributed by atoms with Crippen LogP contribution in [-0.4, -0.2) is 35.5 Å². The second kappa shape index (κ2) is 7.89. The predicted molar refractivity (Wildman–Crippen MR) is 95.0 cm³/mol. The normalized spacial score (nSPS) is 19.8. The number of aliphatic hydroxyl groups excluding tert-OH is 1. The molecule has 0 aromatic heterocycles. The first-order chi connectivity index (χ1) is 13.2. The lowest BCUT2D eigenvalue weighted by Crippen LogP contribution is -2.30. The molecule has 0 saturated carbocycles. The first-order valence-corrected chi connectivity index (χ1v) is 8.73. The first-order valence-electron chi connectivity index (χ1n) is 8.35. The number of carbonyl (C=O) groups is 1. The molecule has 1 aliphatic rings. The third-order valence-electron chi connectivity index (χ3n) is 4.47. The van der Waals surface area contributed by atoms with Crippen LogP contribution in [0.4, 0.5) is 13.2 Å². The van der Waals surface area contributed by atoms with Crippen LogP contribution in [0.25, 0.3) is 0 Å². The van der Waals surface area contributed by atoms with E-state index < -0.39 is 24.4 Å². The Balaban J connectivity index is 1.86. The molecular formula is C19H17ClF3NO4. The first kappa shape index (κ1) is 20.3. The quantitative estimate of drug-likeness (QED) is 0.799. The molecule has 28 heavy (non-hydrogen) atoms. The number of hydrogen-bond donors (Lipinski definition) is 1. The Morgan fingerprint density at radius 2 is 1.89 bits per heavy atom. The van der Waals surface area contributed by atoms with Gasteiger partial charge in [-0.3, -0.25) is 4.79 Å². The molecule has 2 aromatic rings. The Kier molecular flexibility index (Phi) is 5.71. The fourth-order valence-corrected chi connectivity index (χ4v) is 3.55. The molecule has 2 aromatic carbocycles. The summed E-state index contributed by atoms with van der Waals surface area (Å²) in [6.07, 6.45) is -5.84. The summed E-state index contributed by atoms with van der Waals surface area (Å²) in [4.78, 5) is 13.9. The van der Waals surface area contributed by atoms with E-state index in [1.54, 1.807) is 18.2 Å². The molecule has 1 fully saturated rings. The maximum Gasteiger partial charge on any atom is 0.573 e. The molecule has 2 atom stereocenters. The highest BCUT2D eigenvalue weighted by atomic mass is 35.5. The number of carbonyl (C=O) groups excluding carboxylic acids is 1. The monoisotopic (exact) mass is 415 g/mol. The summed E-state index contributed by atoms with van der Waals surface area (Å²) >= 11 is 6.31. The Bertz CT molecular complexity index is 857. The van der Waals surface area contributed by atoms with Crippen molar-refractivity contribution in [2.75, 3.05) is 7.11 Å². The fourth-order valence-electron chi connectivity index (χ4n) is 3.26. The standard InChI is InChI=1S/C19H17ClF3NO4/c1-27-16-4-2-3-13(20)17(16)14-9-15(25)18(26)24(14)10-11-5-7-12(8-6-11)28-19(21,22)23/h2-8,14-15,25H,9-10H2,1H3. The van der Waals surface area contributed by atoms with Gasteiger partial charge in [0.1, 0.15) is 17.6 Å². The number of benzene rings is 2. The van der Waals surface area contributed by atoms with Gasteiger partial charge in [0.05, 0.1) is 13.2 Å². The molecule has 0 radical (unpaired) electrons. The van der Waals surface area contributed by atoms with E-state index in [2.05, 4.69) is 4.74 Å². The molecule has 0 aliphatic carbocycles. The average Bonchev–Trinajstić information content (AvgIpc) is 2.90. The zero-order chi connectivity index (χ0) is 20.5. The highest BCUT2D eigenvalue weighted by Gasteiger charge is 2.41. The molecule has 3 rings (SSSR count). The second-order valence-corrected chi connectivity index (χ2v) is 6.69. The van der Waals surface area contributed by atoms with Crippen molar-refractivity contribution in [2.45, 2.75) is 31.5 Å². The van der Waals surface area contributed by atoms with Crippen LogP contribution in [0.15, 0.2) is 42.5 Å². The van der Waals surface area contributed by atoms with Crippen molar-refractivity contribution < 1.29 is 32.5 Å². The largest absolute Gasteiger partial charge is 0.573 e. The van der Waals surface area contributed by atoms with Crippen molar-refractivity contribution in [2.24, 2.45) is 0 Å². The number of rotatable bonds is 5. The molecule has 1 aliphatic heterocycles. The average molecular weight is 416 g/mol. The molecular weight excluding hydrogens is 399 g/mol. The highest BCUT2D eigenvalue weighted by Crippen LogP contribution is 2.42. The van der Waals surface area contributed by atoms with E-state index in [9.17, 15) is 23.1 Å². The molecule has 1 N–H and O–H groups in total. The van der Waals surface area contributed by atoms with E-state index in [1.807, 2.05) is 0 Å². The molecule has 1 amide bonds. The van der Waals surface area contributed by atoms with Crippen molar-refractivity contribution in [3.8, 4) is 11.5 Å². The van der Waals surface area contributed by atoms with Crippen LogP contribution in [0.1, 0.15) is 23.6 Å². The lowest BCUT2D eigenvalue weighted by atomic mass is 10.0. The van der Waals surface area contributed by atoms with Crippen LogP contribution >= 0.6 is 11.6 Å². The zero-order valence-corrected chi connectivity index (χ0v) is 15.5. The third-order valence-corrected chi connectivity index (χ3v) is 4.80. The second-order valence-electron chi connectivity index (χ2n) is 6.28. The maximum absolute atomic E-state index is 12.5. The number of methoxy groups -OCH3 is 1. The minimum atomic E-state index is -4.78. The van der Waals surface area contributed by atoms with Gasteiger partial charge in [-0.2, -0.15) is 0 Å². The van der Waals surface area contributed by atoms with Gasteiger partial charge in [0.25, 0.3) is 5.91 Å². The fraction of sp³-hybridized carbons (Fsp3) is 0.316. The van der Waals surface area contributed by atoms with E-state index >= 15 is 0 Å². The number of nitrogens with zero attached hydrogens (tertiary/aromatic N) is 1. The molecule has 2 unspecified atom stereocenters. The van der Waals surface area contributed by atoms with E-state index in [-0.39, 0.29) is 18.7 Å². The van der Waals surface area contributed by atoms with Crippen LogP contribution in [0.3, 0.4) is 0 Å². The third kappa shape index (κ3) is 4.34. The minimum Gasteiger partial charge on any atom is -0.496 e. The van der Waals surface area contributed by atoms with Gasteiger partial charge in [0.15, 0.2) is 0 Å². The van der Waals surface area contributed by atoms with Gasteiger partial charge in [-0.1, -0.05) is 29.8 Å². The highest BCUT2D eigenvalue weighted by molar-refractivity contribution is 6.31. The molecule has 1 saturated heterocycles. The zero-order valence-electron chi connectivity index (χ0n) is 14.7. The topological polar surface area (TPSA) is 59.0 Å². The molecule has 1 heterocycles. The summed E-state index contributed by atoms with van der Waals surface area (Å²) in [6.45, 7) is 0.0846. The van der Waals surface area contributed by atoms with Gasteiger partial charge in [-0.25, -0.2) is 0 Å². The van der Waals surface area contributed by atoms with Crippen molar-refractivity contribution in [1.82, 2.24) is 4.90 Å². The summed E-state index contributed by atoms with van der Waals surface area (Å²) in [5.41, 5.74) is 1.15. The van der Waals surface area contributed by atoms with Gasteiger partial charge < -0.3 is 19.5 Å². The Morgan fingerprint density at radius 1 is 1.21 bits per heavy atom. The van der Waals surface area contributed by atoms with Crippen molar-refractivity contribution in [1.29, 1.82) is 0 Å². The lowest BCUT2D eigenvalue weighted by Gasteiger charge is -2.27. The van der Waals surface area contributed by atoms with Crippen LogP contribution in [0.5, 0.6) is 11.5 Å². The van der Waals surface area contributed by atoms with Crippen LogP contribution < -0.4 is 9.47 Å². The molecule has 150 valence electrons. The van der Waals surface area contributed by atoms with Gasteiger partial charge >= 0.3 is 6.36 Å². The van der Waals surface area contributed by atoms with Gasteiger partial charge in [0.2, 0.25) is 0 Å². The molecule has 5 nitrogen and oxygen atoms in total. The molecule has 9 heteroatoms. The number of aliphatic hydroxyl groups is 1. The SMILES string of the molecule is COc1cccc(Cl)c1C1CC(O)C(=O)N1Cc1ccc(OC(F)(F)F)cc1. The van der Waals surface area contributed by atoms with Crippen LogP contribution in [-0.2, 0) is 11.3 Å². The molecule has 0 bridgehead atoms. The minimum absolute atomic E-state index is 0.0846. The number of amides is 1. The summed E-state index contributed by atoms with van der Waals surface area (Å²) in [7, 11) is 1.48. The van der Waals surface area contributed by atoms with Gasteiger partial charge in [-0.05, 0) is 29.8 Å². The maximum atomic E-state index is 12.5. The van der Waals surface area contributed by atoms with Gasteiger partial charge in [-0.15, -0.1) is 13.2 Å². The number of ether oxygens (including phenoxy) is 2. The number of alkyl halides is 3. The smallest absolute Gasteiger partial charge is 0.496 e. The summed E-state index contributed by atoms with van der Waals surface area (Å²) in [5, 5.41) is 10.5. The number of hydrogen-bond acceptors (Lipinski definition) is 4. The van der Waals surface area contributed by atoms with E-state index in [4.69, 9.17) is 16.3 Å². The van der Waals surface area contributed by atoms with Crippen LogP contribution in [0, 0.1) is 0 Å². The Morgan fingerprint density at radius 3 is 2.50 bits per heavy atom. The number of likely N-dealkylation sites (tertiary alicyclic amines) is 1. The van der Waals surface area contributed by atoms with E-state index in [0.717, 1.165) is 0 Å². The summed E-state index contributed by atoms with van der Waals surface area (Å²) in [6, 6.07) is 9.75. The Labute approximate surface area is 164 Å². The van der Waals surface area contributed by atoms with Crippen molar-refractivity contribution in [3.63, 3.8) is 0 Å². The summed E-state index contributed by atoms with van der Waals surface area (Å²) < 4.78 is 46.0. The predicted octanol–water partition coefficient (Wildman–Crippen LogP) is 4.08. The summed E-state index contributed by atoms with van der Waals surface area (Å²) in [5.74, 6) is -0.353. The van der Waals surface area contributed by atoms with Crippen LogP contribution in [0.2, 0.25) is 5.02 Å². The van der Waals surface area contributed by atoms with E-state index in [0.29, 0.717) is 21.9 Å². The number of halogens is 4. The lowest BCUT2D eigenvalue weighted by molar-refractivity contribution is -0.274. The van der Waals surface area contributed by atoms with E-state index in [1.165, 1.54) is 36.3 Å². The van der Waals surface area contributed by atoms with Gasteiger partial charge in [0, 0.05) is 23.6 Å². The van der Waals surface area contributed by atoms with Crippen molar-refractivity contribution >= 4 is 17.5 Å². The molecule has 0 spiro atoms. The van der Waals surface area contributed by atoms with Crippen molar-refractivity contribution in [3.05, 3.63) is 58.6 Å².